The Bertz CT molecular complexity index is 214. The van der Waals surface area contributed by atoms with E-state index in [2.05, 4.69) is 15.5 Å². The van der Waals surface area contributed by atoms with E-state index in [-0.39, 0.29) is 5.91 Å². The van der Waals surface area contributed by atoms with Gasteiger partial charge >= 0.3 is 0 Å². The number of nitrogens with one attached hydrogen (secondary N) is 2. The predicted molar refractivity (Wildman–Crippen MR) is 59.7 cm³/mol. The van der Waals surface area contributed by atoms with Crippen LogP contribution in [0.15, 0.2) is 0 Å². The highest BCUT2D eigenvalue weighted by molar-refractivity contribution is 5.78. The molecule has 0 atom stereocenters. The van der Waals surface area contributed by atoms with E-state index in [0.717, 1.165) is 25.6 Å². The molecule has 0 aromatic rings. The smallest absolute Gasteiger partial charge is 0.234 e. The fourth-order valence-corrected chi connectivity index (χ4v) is 2.42. The third-order valence-corrected chi connectivity index (χ3v) is 3.43. The van der Waals surface area contributed by atoms with Gasteiger partial charge in [0.15, 0.2) is 0 Å². The number of rotatable bonds is 3. The first-order chi connectivity index (χ1) is 7.34. The van der Waals surface area contributed by atoms with Crippen LogP contribution in [0, 0.1) is 5.92 Å². The lowest BCUT2D eigenvalue weighted by atomic mass is 9.94. The second kappa shape index (κ2) is 5.47. The molecule has 4 heteroatoms. The Labute approximate surface area is 91.4 Å². The molecule has 0 unspecified atom stereocenters. The van der Waals surface area contributed by atoms with E-state index in [1.165, 1.54) is 32.4 Å². The van der Waals surface area contributed by atoms with Crippen LogP contribution < -0.4 is 10.6 Å². The third-order valence-electron chi connectivity index (χ3n) is 3.43. The Hall–Kier alpha value is -0.610. The van der Waals surface area contributed by atoms with Crippen molar-refractivity contribution < 1.29 is 4.79 Å². The minimum Gasteiger partial charge on any atom is -0.354 e. The molecule has 0 saturated carbocycles. The van der Waals surface area contributed by atoms with Gasteiger partial charge in [0.1, 0.15) is 0 Å². The SMILES string of the molecule is O=C1CN(CCC2CCNCC2)CCN1. The largest absolute Gasteiger partial charge is 0.354 e. The number of piperidine rings is 1. The van der Waals surface area contributed by atoms with Crippen molar-refractivity contribution >= 4 is 5.91 Å². The Balaban J connectivity index is 1.65. The summed E-state index contributed by atoms with van der Waals surface area (Å²) in [5.41, 5.74) is 0. The van der Waals surface area contributed by atoms with Crippen molar-refractivity contribution in [3.8, 4) is 0 Å². The van der Waals surface area contributed by atoms with E-state index in [0.29, 0.717) is 6.54 Å². The molecule has 1 amide bonds. The summed E-state index contributed by atoms with van der Waals surface area (Å²) in [4.78, 5) is 13.4. The summed E-state index contributed by atoms with van der Waals surface area (Å²) in [7, 11) is 0. The fourth-order valence-electron chi connectivity index (χ4n) is 2.42. The molecule has 2 aliphatic heterocycles. The maximum absolute atomic E-state index is 11.2. The summed E-state index contributed by atoms with van der Waals surface area (Å²) in [6.45, 7) is 5.89. The number of carbonyl (C=O) groups excluding carboxylic acids is 1. The number of hydrogen-bond donors (Lipinski definition) is 2. The quantitative estimate of drug-likeness (QED) is 0.680. The zero-order chi connectivity index (χ0) is 10.5. The third kappa shape index (κ3) is 3.47. The average molecular weight is 211 g/mol. The molecule has 86 valence electrons. The minimum atomic E-state index is 0.187. The second-order valence-corrected chi connectivity index (χ2v) is 4.61. The van der Waals surface area contributed by atoms with Crippen LogP contribution in [0.25, 0.3) is 0 Å². The van der Waals surface area contributed by atoms with E-state index in [9.17, 15) is 4.79 Å². The summed E-state index contributed by atoms with van der Waals surface area (Å²) in [6.07, 6.45) is 3.87. The van der Waals surface area contributed by atoms with Crippen molar-refractivity contribution in [3.63, 3.8) is 0 Å². The lowest BCUT2D eigenvalue weighted by Gasteiger charge is -2.29. The van der Waals surface area contributed by atoms with E-state index in [4.69, 9.17) is 0 Å². The van der Waals surface area contributed by atoms with Crippen LogP contribution in [0.1, 0.15) is 19.3 Å². The molecule has 0 spiro atoms. The molecule has 2 heterocycles. The lowest BCUT2D eigenvalue weighted by molar-refractivity contribution is -0.124. The predicted octanol–water partition coefficient (Wildman–Crippen LogP) is -0.192. The average Bonchev–Trinajstić information content (AvgIpc) is 2.28. The molecule has 2 aliphatic rings. The molecular formula is C11H21N3O. The highest BCUT2D eigenvalue weighted by atomic mass is 16.2. The zero-order valence-corrected chi connectivity index (χ0v) is 9.30. The molecule has 0 bridgehead atoms. The van der Waals surface area contributed by atoms with Crippen LogP contribution in [0.5, 0.6) is 0 Å². The molecule has 4 nitrogen and oxygen atoms in total. The molecule has 0 aromatic carbocycles. The maximum Gasteiger partial charge on any atom is 0.234 e. The lowest BCUT2D eigenvalue weighted by Crippen LogP contribution is -2.48. The van der Waals surface area contributed by atoms with Gasteiger partial charge in [0.2, 0.25) is 5.91 Å². The van der Waals surface area contributed by atoms with Gasteiger partial charge in [-0.2, -0.15) is 0 Å². The van der Waals surface area contributed by atoms with Crippen LogP contribution in [0.3, 0.4) is 0 Å². The minimum absolute atomic E-state index is 0.187. The van der Waals surface area contributed by atoms with Gasteiger partial charge < -0.3 is 10.6 Å². The fraction of sp³-hybridized carbons (Fsp3) is 0.909. The van der Waals surface area contributed by atoms with Crippen molar-refractivity contribution in [1.82, 2.24) is 15.5 Å². The maximum atomic E-state index is 11.2. The molecular weight excluding hydrogens is 190 g/mol. The van der Waals surface area contributed by atoms with Gasteiger partial charge in [-0.1, -0.05) is 0 Å². The number of piperazine rings is 1. The van der Waals surface area contributed by atoms with Gasteiger partial charge in [-0.15, -0.1) is 0 Å². The summed E-state index contributed by atoms with van der Waals surface area (Å²) >= 11 is 0. The van der Waals surface area contributed by atoms with Gasteiger partial charge in [0.05, 0.1) is 6.54 Å². The van der Waals surface area contributed by atoms with Crippen molar-refractivity contribution in [2.24, 2.45) is 5.92 Å². The Morgan fingerprint density at radius 1 is 1.27 bits per heavy atom. The topological polar surface area (TPSA) is 44.4 Å². The van der Waals surface area contributed by atoms with Crippen molar-refractivity contribution in [3.05, 3.63) is 0 Å². The Morgan fingerprint density at radius 3 is 2.80 bits per heavy atom. The Kier molecular flexibility index (Phi) is 3.97. The van der Waals surface area contributed by atoms with Crippen molar-refractivity contribution in [1.29, 1.82) is 0 Å². The molecule has 0 radical (unpaired) electrons. The van der Waals surface area contributed by atoms with Crippen molar-refractivity contribution in [2.45, 2.75) is 19.3 Å². The van der Waals surface area contributed by atoms with E-state index < -0.39 is 0 Å². The Morgan fingerprint density at radius 2 is 2.07 bits per heavy atom. The van der Waals surface area contributed by atoms with E-state index in [1.54, 1.807) is 0 Å². The summed E-state index contributed by atoms with van der Waals surface area (Å²) in [5.74, 6) is 1.06. The highest BCUT2D eigenvalue weighted by Gasteiger charge is 2.18. The summed E-state index contributed by atoms with van der Waals surface area (Å²) < 4.78 is 0. The standard InChI is InChI=1S/C11H21N3O/c15-11-9-14(8-6-13-11)7-3-10-1-4-12-5-2-10/h10,12H,1-9H2,(H,13,15). The number of amides is 1. The van der Waals surface area contributed by atoms with Gasteiger partial charge in [0.25, 0.3) is 0 Å². The number of nitrogens with zero attached hydrogens (tertiary/aromatic N) is 1. The molecule has 2 N–H and O–H groups in total. The molecule has 15 heavy (non-hydrogen) atoms. The van der Waals surface area contributed by atoms with Crippen LogP contribution >= 0.6 is 0 Å². The van der Waals surface area contributed by atoms with Crippen LogP contribution in [0.2, 0.25) is 0 Å². The first kappa shape index (κ1) is 10.9. The van der Waals surface area contributed by atoms with Gasteiger partial charge in [-0.3, -0.25) is 9.69 Å². The van der Waals surface area contributed by atoms with Gasteiger partial charge in [-0.05, 0) is 44.8 Å². The number of hydrogen-bond acceptors (Lipinski definition) is 3. The zero-order valence-electron chi connectivity index (χ0n) is 9.30. The molecule has 2 rings (SSSR count). The molecule has 0 aliphatic carbocycles. The van der Waals surface area contributed by atoms with Crippen LogP contribution in [0.4, 0.5) is 0 Å². The van der Waals surface area contributed by atoms with Crippen molar-refractivity contribution in [2.75, 3.05) is 39.3 Å². The summed E-state index contributed by atoms with van der Waals surface area (Å²) in [6, 6.07) is 0. The first-order valence-electron chi connectivity index (χ1n) is 6.04. The molecule has 2 fully saturated rings. The second-order valence-electron chi connectivity index (χ2n) is 4.61. The normalized spacial score (nSPS) is 25.2. The molecule has 0 aromatic heterocycles. The first-order valence-corrected chi connectivity index (χ1v) is 6.04. The van der Waals surface area contributed by atoms with E-state index in [1.807, 2.05) is 0 Å². The van der Waals surface area contributed by atoms with Gasteiger partial charge in [-0.25, -0.2) is 0 Å². The van der Waals surface area contributed by atoms with Gasteiger partial charge in [0, 0.05) is 13.1 Å². The molecule has 2 saturated heterocycles. The highest BCUT2D eigenvalue weighted by Crippen LogP contribution is 2.16. The van der Waals surface area contributed by atoms with Crippen LogP contribution in [-0.2, 0) is 4.79 Å². The van der Waals surface area contributed by atoms with E-state index >= 15 is 0 Å². The van der Waals surface area contributed by atoms with Crippen LogP contribution in [-0.4, -0.2) is 50.1 Å². The monoisotopic (exact) mass is 211 g/mol. The summed E-state index contributed by atoms with van der Waals surface area (Å²) in [5, 5.41) is 6.24. The number of carbonyl (C=O) groups is 1.